The van der Waals surface area contributed by atoms with E-state index in [1.54, 1.807) is 12.4 Å². The molecule has 5 rings (SSSR count). The molecule has 8 nitrogen and oxygen atoms in total. The smallest absolute Gasteiger partial charge is 0.317 e. The Kier molecular flexibility index (Phi) is 4.63. The molecule has 2 N–H and O–H groups in total. The van der Waals surface area contributed by atoms with E-state index in [4.69, 9.17) is 11.6 Å². The number of carbonyl (C=O) groups is 1. The molecule has 2 atom stereocenters. The maximum Gasteiger partial charge on any atom is 0.317 e. The highest BCUT2D eigenvalue weighted by Crippen LogP contribution is 2.51. The average molecular weight is 427 g/mol. The Morgan fingerprint density at radius 3 is 2.73 bits per heavy atom. The summed E-state index contributed by atoms with van der Waals surface area (Å²) in [5.41, 5.74) is 2.10. The Hall–Kier alpha value is -2.71. The zero-order valence-electron chi connectivity index (χ0n) is 16.6. The summed E-state index contributed by atoms with van der Waals surface area (Å²) >= 11 is 6.25. The van der Waals surface area contributed by atoms with E-state index in [0.717, 1.165) is 34.9 Å². The van der Waals surface area contributed by atoms with Crippen LogP contribution in [0.2, 0.25) is 5.02 Å². The molecular formula is C21H23ClN6O2. The van der Waals surface area contributed by atoms with E-state index < -0.39 is 11.6 Å². The minimum Gasteiger partial charge on any atom is -0.386 e. The first-order valence-corrected chi connectivity index (χ1v) is 10.5. The molecule has 2 aliphatic heterocycles. The van der Waals surface area contributed by atoms with Crippen LogP contribution in [0.5, 0.6) is 0 Å². The van der Waals surface area contributed by atoms with Crippen molar-refractivity contribution >= 4 is 28.5 Å². The van der Waals surface area contributed by atoms with Crippen molar-refractivity contribution in [3.8, 4) is 0 Å². The van der Waals surface area contributed by atoms with Gasteiger partial charge in [-0.2, -0.15) is 5.10 Å². The van der Waals surface area contributed by atoms with Gasteiger partial charge < -0.3 is 15.3 Å². The standard InChI is InChI=1S/C21H23ClN6O2/c1-21(19(29)17-7-16(22)6-14-11-26-28(21)18(14)17)15-2-4-27(5-3-15)20(30)25-10-13-8-23-12-24-9-13/h6-9,11-12,15,19,29H,2-5,10H2,1H3,(H,25,30)/t19-,21?/m1/s1. The zero-order chi connectivity index (χ0) is 20.9. The third kappa shape index (κ3) is 2.94. The van der Waals surface area contributed by atoms with Crippen LogP contribution in [0, 0.1) is 5.92 Å². The van der Waals surface area contributed by atoms with Crippen LogP contribution >= 0.6 is 11.6 Å². The van der Waals surface area contributed by atoms with E-state index in [9.17, 15) is 9.90 Å². The number of carbonyl (C=O) groups excluding carboxylic acids is 1. The van der Waals surface area contributed by atoms with Gasteiger partial charge in [0.15, 0.2) is 0 Å². The summed E-state index contributed by atoms with van der Waals surface area (Å²) in [5, 5.41) is 20.3. The lowest BCUT2D eigenvalue weighted by molar-refractivity contribution is -0.0116. The van der Waals surface area contributed by atoms with Crippen molar-refractivity contribution < 1.29 is 9.90 Å². The molecule has 4 heterocycles. The van der Waals surface area contributed by atoms with E-state index >= 15 is 0 Å². The molecule has 3 aromatic rings. The summed E-state index contributed by atoms with van der Waals surface area (Å²) in [5.74, 6) is 0.188. The van der Waals surface area contributed by atoms with Gasteiger partial charge in [-0.15, -0.1) is 0 Å². The number of nitrogens with zero attached hydrogens (tertiary/aromatic N) is 5. The summed E-state index contributed by atoms with van der Waals surface area (Å²) in [6.45, 7) is 3.72. The molecule has 0 radical (unpaired) electrons. The Morgan fingerprint density at radius 1 is 1.27 bits per heavy atom. The molecule has 30 heavy (non-hydrogen) atoms. The molecule has 2 aromatic heterocycles. The number of nitrogens with one attached hydrogen (secondary N) is 1. The normalized spacial score (nSPS) is 23.8. The topological polar surface area (TPSA) is 96.2 Å². The molecule has 156 valence electrons. The molecular weight excluding hydrogens is 404 g/mol. The maximum atomic E-state index is 12.6. The second kappa shape index (κ2) is 7.21. The number of benzene rings is 1. The molecule has 1 fully saturated rings. The van der Waals surface area contributed by atoms with Crippen molar-refractivity contribution in [2.24, 2.45) is 5.92 Å². The van der Waals surface area contributed by atoms with Gasteiger partial charge >= 0.3 is 6.03 Å². The van der Waals surface area contributed by atoms with Crippen LogP contribution in [-0.4, -0.2) is 48.9 Å². The fraction of sp³-hybridized carbons (Fsp3) is 0.429. The van der Waals surface area contributed by atoms with E-state index in [0.29, 0.717) is 24.7 Å². The van der Waals surface area contributed by atoms with Crippen LogP contribution in [0.3, 0.4) is 0 Å². The highest BCUT2D eigenvalue weighted by Gasteiger charge is 2.50. The van der Waals surface area contributed by atoms with Gasteiger partial charge in [0.2, 0.25) is 0 Å². The Bertz CT molecular complexity index is 1100. The summed E-state index contributed by atoms with van der Waals surface area (Å²) < 4.78 is 1.97. The predicted molar refractivity (Wildman–Crippen MR) is 112 cm³/mol. The number of aromatic nitrogens is 4. The monoisotopic (exact) mass is 426 g/mol. The molecule has 9 heteroatoms. The number of hydrogen-bond donors (Lipinski definition) is 2. The lowest BCUT2D eigenvalue weighted by Crippen LogP contribution is -2.50. The quantitative estimate of drug-likeness (QED) is 0.671. The number of piperidine rings is 1. The lowest BCUT2D eigenvalue weighted by atomic mass is 9.75. The number of aliphatic hydroxyl groups excluding tert-OH is 1. The predicted octanol–water partition coefficient (Wildman–Crippen LogP) is 2.86. The largest absolute Gasteiger partial charge is 0.386 e. The molecule has 0 spiro atoms. The summed E-state index contributed by atoms with van der Waals surface area (Å²) in [7, 11) is 0. The Morgan fingerprint density at radius 2 is 2.00 bits per heavy atom. The Balaban J connectivity index is 1.28. The first-order chi connectivity index (χ1) is 14.5. The second-order valence-corrected chi connectivity index (χ2v) is 8.72. The van der Waals surface area contributed by atoms with E-state index in [1.165, 1.54) is 6.33 Å². The van der Waals surface area contributed by atoms with Gasteiger partial charge in [0.05, 0.1) is 17.3 Å². The van der Waals surface area contributed by atoms with Gasteiger partial charge in [-0.05, 0) is 37.8 Å². The molecule has 0 bridgehead atoms. The van der Waals surface area contributed by atoms with Crippen molar-refractivity contribution in [1.82, 2.24) is 30.0 Å². The number of hydrogen-bond acceptors (Lipinski definition) is 5. The van der Waals surface area contributed by atoms with Crippen molar-refractivity contribution in [1.29, 1.82) is 0 Å². The highest BCUT2D eigenvalue weighted by molar-refractivity contribution is 6.31. The molecule has 1 saturated heterocycles. The van der Waals surface area contributed by atoms with Crippen molar-refractivity contribution in [3.05, 3.63) is 53.2 Å². The molecule has 0 saturated carbocycles. The SMILES string of the molecule is CC1(C2CCN(C(=O)NCc3cncnc3)CC2)[C@H](O)c2cc(Cl)cc3cnn1c23. The fourth-order valence-corrected chi connectivity index (χ4v) is 5.18. The van der Waals surface area contributed by atoms with Crippen molar-refractivity contribution in [2.75, 3.05) is 13.1 Å². The van der Waals surface area contributed by atoms with Crippen LogP contribution < -0.4 is 5.32 Å². The highest BCUT2D eigenvalue weighted by atomic mass is 35.5. The van der Waals surface area contributed by atoms with Crippen LogP contribution in [-0.2, 0) is 12.1 Å². The number of urea groups is 1. The first kappa shape index (κ1) is 19.3. The van der Waals surface area contributed by atoms with Crippen LogP contribution in [0.25, 0.3) is 10.9 Å². The van der Waals surface area contributed by atoms with E-state index in [-0.39, 0.29) is 11.9 Å². The molecule has 1 unspecified atom stereocenters. The molecule has 2 aliphatic rings. The summed E-state index contributed by atoms with van der Waals surface area (Å²) in [4.78, 5) is 22.3. The second-order valence-electron chi connectivity index (χ2n) is 8.28. The number of likely N-dealkylation sites (tertiary alicyclic amines) is 1. The van der Waals surface area contributed by atoms with Gasteiger partial charge in [-0.25, -0.2) is 14.8 Å². The number of halogens is 1. The maximum absolute atomic E-state index is 12.6. The minimum absolute atomic E-state index is 0.0917. The third-order valence-electron chi connectivity index (χ3n) is 6.63. The minimum atomic E-state index is -0.675. The third-order valence-corrected chi connectivity index (χ3v) is 6.85. The first-order valence-electron chi connectivity index (χ1n) is 10.1. The van der Waals surface area contributed by atoms with Gasteiger partial charge in [-0.1, -0.05) is 11.6 Å². The molecule has 0 aliphatic carbocycles. The van der Waals surface area contributed by atoms with Crippen molar-refractivity contribution in [3.63, 3.8) is 0 Å². The van der Waals surface area contributed by atoms with Gasteiger partial charge in [-0.3, -0.25) is 4.68 Å². The van der Waals surface area contributed by atoms with E-state index in [2.05, 4.69) is 27.3 Å². The lowest BCUT2D eigenvalue weighted by Gasteiger charge is -2.42. The number of amides is 2. The fourth-order valence-electron chi connectivity index (χ4n) is 4.94. The number of aliphatic hydroxyl groups is 1. The van der Waals surface area contributed by atoms with Gasteiger partial charge in [0.1, 0.15) is 12.4 Å². The van der Waals surface area contributed by atoms with Crippen molar-refractivity contribution in [2.45, 2.75) is 38.0 Å². The van der Waals surface area contributed by atoms with Crippen LogP contribution in [0.15, 0.2) is 37.1 Å². The summed E-state index contributed by atoms with van der Waals surface area (Å²) in [6, 6.07) is 3.63. The van der Waals surface area contributed by atoms with E-state index in [1.807, 2.05) is 27.9 Å². The number of rotatable bonds is 3. The average Bonchev–Trinajstić information content (AvgIpc) is 3.29. The van der Waals surface area contributed by atoms with Crippen LogP contribution in [0.4, 0.5) is 4.79 Å². The van der Waals surface area contributed by atoms with Gasteiger partial charge in [0.25, 0.3) is 0 Å². The zero-order valence-corrected chi connectivity index (χ0v) is 17.4. The summed E-state index contributed by atoms with van der Waals surface area (Å²) in [6.07, 6.45) is 7.56. The Labute approximate surface area is 178 Å². The van der Waals surface area contributed by atoms with Crippen LogP contribution in [0.1, 0.15) is 37.0 Å². The molecule has 1 aromatic carbocycles. The molecule has 2 amide bonds. The van der Waals surface area contributed by atoms with Gasteiger partial charge in [0, 0.05) is 53.6 Å².